The lowest BCUT2D eigenvalue weighted by Gasteiger charge is -2.34. The Hall–Kier alpha value is -1.92. The summed E-state index contributed by atoms with van der Waals surface area (Å²) >= 11 is 1.81. The van der Waals surface area contributed by atoms with Gasteiger partial charge < -0.3 is 4.90 Å². The van der Waals surface area contributed by atoms with Gasteiger partial charge in [0.15, 0.2) is 5.13 Å². The average molecular weight is 353 g/mol. The number of para-hydroxylation sites is 1. The summed E-state index contributed by atoms with van der Waals surface area (Å²) in [6.07, 6.45) is 3.65. The van der Waals surface area contributed by atoms with Crippen molar-refractivity contribution >= 4 is 26.7 Å². The molecule has 2 aliphatic rings. The molecule has 5 rings (SSSR count). The molecule has 2 aromatic heterocycles. The van der Waals surface area contributed by atoms with Crippen LogP contribution in [0.5, 0.6) is 0 Å². The van der Waals surface area contributed by atoms with Crippen LogP contribution in [0.3, 0.4) is 0 Å². The lowest BCUT2D eigenvalue weighted by Crippen LogP contribution is -2.46. The fraction of sp³-hybridized carbons (Fsp3) is 0.474. The number of fused-ring (bicyclic) bond motifs is 2. The number of aromatic nitrogens is 3. The Kier molecular flexibility index (Phi) is 3.75. The van der Waals surface area contributed by atoms with Crippen molar-refractivity contribution in [3.05, 3.63) is 41.2 Å². The third kappa shape index (κ3) is 2.73. The van der Waals surface area contributed by atoms with Gasteiger partial charge in [-0.25, -0.2) is 4.98 Å². The summed E-state index contributed by atoms with van der Waals surface area (Å²) in [5.74, 6) is 0. The molecule has 0 spiro atoms. The van der Waals surface area contributed by atoms with Gasteiger partial charge in [-0.3, -0.25) is 9.58 Å². The average Bonchev–Trinajstić information content (AvgIpc) is 3.32. The lowest BCUT2D eigenvalue weighted by molar-refractivity contribution is 0.243. The molecule has 0 saturated carbocycles. The van der Waals surface area contributed by atoms with Crippen LogP contribution in [0.15, 0.2) is 24.3 Å². The highest BCUT2D eigenvalue weighted by Gasteiger charge is 2.25. The van der Waals surface area contributed by atoms with Crippen molar-refractivity contribution in [3.8, 4) is 0 Å². The van der Waals surface area contributed by atoms with E-state index in [1.54, 1.807) is 0 Å². The number of thiazole rings is 1. The third-order valence-electron chi connectivity index (χ3n) is 5.50. The Morgan fingerprint density at radius 3 is 2.76 bits per heavy atom. The van der Waals surface area contributed by atoms with E-state index in [1.165, 1.54) is 39.6 Å². The summed E-state index contributed by atoms with van der Waals surface area (Å²) in [4.78, 5) is 9.82. The van der Waals surface area contributed by atoms with Crippen molar-refractivity contribution in [2.75, 3.05) is 31.1 Å². The first-order valence-electron chi connectivity index (χ1n) is 9.14. The molecule has 0 atom stereocenters. The number of piperazine rings is 1. The zero-order valence-corrected chi connectivity index (χ0v) is 15.4. The molecule has 25 heavy (non-hydrogen) atoms. The minimum absolute atomic E-state index is 1.03. The highest BCUT2D eigenvalue weighted by Crippen LogP contribution is 2.30. The maximum Gasteiger partial charge on any atom is 0.186 e. The molecule has 0 amide bonds. The van der Waals surface area contributed by atoms with E-state index in [4.69, 9.17) is 10.1 Å². The smallest absolute Gasteiger partial charge is 0.186 e. The second-order valence-electron chi connectivity index (χ2n) is 7.08. The Bertz CT molecular complexity index is 871. The fourth-order valence-corrected chi connectivity index (χ4v) is 5.11. The van der Waals surface area contributed by atoms with E-state index in [1.807, 2.05) is 11.3 Å². The molecule has 1 saturated heterocycles. The first-order chi connectivity index (χ1) is 12.3. The van der Waals surface area contributed by atoms with Crippen LogP contribution in [0.25, 0.3) is 10.2 Å². The van der Waals surface area contributed by atoms with Gasteiger partial charge in [0.05, 0.1) is 21.6 Å². The number of rotatable bonds is 3. The number of hydrogen-bond donors (Lipinski definition) is 0. The monoisotopic (exact) mass is 353 g/mol. The minimum atomic E-state index is 1.03. The molecule has 3 aromatic rings. The predicted molar refractivity (Wildman–Crippen MR) is 102 cm³/mol. The van der Waals surface area contributed by atoms with Gasteiger partial charge in [-0.15, -0.1) is 0 Å². The van der Waals surface area contributed by atoms with Crippen molar-refractivity contribution in [1.82, 2.24) is 19.7 Å². The number of nitrogens with zero attached hydrogens (tertiary/aromatic N) is 5. The predicted octanol–water partition coefficient (Wildman–Crippen LogP) is 2.84. The van der Waals surface area contributed by atoms with Gasteiger partial charge >= 0.3 is 0 Å². The van der Waals surface area contributed by atoms with Crippen LogP contribution in [0.1, 0.15) is 23.4 Å². The van der Waals surface area contributed by atoms with Crippen LogP contribution in [0.4, 0.5) is 5.13 Å². The molecule has 1 aliphatic heterocycles. The van der Waals surface area contributed by atoms with E-state index in [9.17, 15) is 0 Å². The topological polar surface area (TPSA) is 37.2 Å². The first-order valence-corrected chi connectivity index (χ1v) is 9.96. The standard InChI is InChI=1S/C19H23N5S/c1-22-17(14-5-4-7-15(14)21-22)13-23-9-11-24(12-10-23)19-20-16-6-2-3-8-18(16)25-19/h2-3,6,8H,4-5,7,9-13H2,1H3. The van der Waals surface area contributed by atoms with Gasteiger partial charge in [0.2, 0.25) is 0 Å². The van der Waals surface area contributed by atoms with Crippen molar-refractivity contribution in [2.24, 2.45) is 7.05 Å². The summed E-state index contributed by atoms with van der Waals surface area (Å²) in [6, 6.07) is 8.43. The van der Waals surface area contributed by atoms with E-state index in [0.29, 0.717) is 0 Å². The second-order valence-corrected chi connectivity index (χ2v) is 8.09. The molecule has 0 unspecified atom stereocenters. The van der Waals surface area contributed by atoms with E-state index >= 15 is 0 Å². The minimum Gasteiger partial charge on any atom is -0.345 e. The fourth-order valence-electron chi connectivity index (χ4n) is 4.09. The molecule has 130 valence electrons. The van der Waals surface area contributed by atoms with Crippen molar-refractivity contribution in [1.29, 1.82) is 0 Å². The van der Waals surface area contributed by atoms with E-state index in [-0.39, 0.29) is 0 Å². The lowest BCUT2D eigenvalue weighted by atomic mass is 10.2. The van der Waals surface area contributed by atoms with Crippen LogP contribution in [0, 0.1) is 0 Å². The Morgan fingerprint density at radius 1 is 1.08 bits per heavy atom. The summed E-state index contributed by atoms with van der Waals surface area (Å²) in [6.45, 7) is 5.33. The molecule has 0 N–H and O–H groups in total. The number of anilines is 1. The highest BCUT2D eigenvalue weighted by atomic mass is 32.1. The molecule has 6 heteroatoms. The first kappa shape index (κ1) is 15.3. The summed E-state index contributed by atoms with van der Waals surface area (Å²) < 4.78 is 3.40. The third-order valence-corrected chi connectivity index (χ3v) is 6.59. The molecule has 3 heterocycles. The molecule has 5 nitrogen and oxygen atoms in total. The molecular formula is C19H23N5S. The second kappa shape index (κ2) is 6.11. The Morgan fingerprint density at radius 2 is 1.92 bits per heavy atom. The van der Waals surface area contributed by atoms with Crippen molar-refractivity contribution in [2.45, 2.75) is 25.8 Å². The van der Waals surface area contributed by atoms with Crippen molar-refractivity contribution < 1.29 is 0 Å². The highest BCUT2D eigenvalue weighted by molar-refractivity contribution is 7.22. The molecule has 0 radical (unpaired) electrons. The van der Waals surface area contributed by atoms with Crippen LogP contribution in [0.2, 0.25) is 0 Å². The summed E-state index contributed by atoms with van der Waals surface area (Å²) in [7, 11) is 2.10. The van der Waals surface area contributed by atoms with Gasteiger partial charge in [0.1, 0.15) is 0 Å². The SMILES string of the molecule is Cn1nc2c(c1CN1CCN(c3nc4ccccc4s3)CC1)CCC2. The zero-order valence-electron chi connectivity index (χ0n) is 14.6. The van der Waals surface area contributed by atoms with Gasteiger partial charge in [-0.05, 0) is 37.0 Å². The van der Waals surface area contributed by atoms with E-state index < -0.39 is 0 Å². The molecular weight excluding hydrogens is 330 g/mol. The Labute approximate surface area is 151 Å². The maximum absolute atomic E-state index is 4.81. The van der Waals surface area contributed by atoms with Gasteiger partial charge in [-0.1, -0.05) is 23.5 Å². The Balaban J connectivity index is 1.27. The van der Waals surface area contributed by atoms with E-state index in [2.05, 4.69) is 45.8 Å². The van der Waals surface area contributed by atoms with Crippen LogP contribution in [-0.2, 0) is 26.4 Å². The molecule has 0 bridgehead atoms. The molecule has 1 aliphatic carbocycles. The molecule has 1 fully saturated rings. The van der Waals surface area contributed by atoms with Gasteiger partial charge in [0, 0.05) is 39.8 Å². The van der Waals surface area contributed by atoms with Crippen LogP contribution < -0.4 is 4.90 Å². The van der Waals surface area contributed by atoms with Crippen molar-refractivity contribution in [3.63, 3.8) is 0 Å². The quantitative estimate of drug-likeness (QED) is 0.726. The van der Waals surface area contributed by atoms with Crippen LogP contribution >= 0.6 is 11.3 Å². The zero-order chi connectivity index (χ0) is 16.8. The van der Waals surface area contributed by atoms with Gasteiger partial charge in [-0.2, -0.15) is 5.10 Å². The number of hydrogen-bond acceptors (Lipinski definition) is 5. The summed E-state index contributed by atoms with van der Waals surface area (Å²) in [5, 5.41) is 5.88. The van der Waals surface area contributed by atoms with Gasteiger partial charge in [0.25, 0.3) is 0 Å². The van der Waals surface area contributed by atoms with Crippen LogP contribution in [-0.4, -0.2) is 45.8 Å². The van der Waals surface area contributed by atoms with E-state index in [0.717, 1.165) is 44.7 Å². The summed E-state index contributed by atoms with van der Waals surface area (Å²) in [5.41, 5.74) is 5.41. The maximum atomic E-state index is 4.81. The normalized spacial score (nSPS) is 18.2. The largest absolute Gasteiger partial charge is 0.345 e. The molecule has 1 aromatic carbocycles. The number of benzene rings is 1. The number of aryl methyl sites for hydroxylation is 2.